The van der Waals surface area contributed by atoms with Gasteiger partial charge in [0, 0.05) is 7.05 Å². The van der Waals surface area contributed by atoms with Crippen LogP contribution in [0.1, 0.15) is 10.6 Å². The number of carbonyl (C=O) groups is 3. The first kappa shape index (κ1) is 13.2. The Bertz CT molecular complexity index is 442. The Kier molecular flexibility index (Phi) is 4.70. The smallest absolute Gasteiger partial charge is 0.374 e. The van der Waals surface area contributed by atoms with E-state index in [1.165, 1.54) is 19.2 Å². The Morgan fingerprint density at radius 3 is 2.65 bits per heavy atom. The number of nitrogens with one attached hydrogen (secondary N) is 2. The fourth-order valence-corrected chi connectivity index (χ4v) is 1.16. The minimum absolute atomic E-state index is 0.0374. The molecule has 0 aliphatic carbocycles. The van der Waals surface area contributed by atoms with Gasteiger partial charge in [-0.1, -0.05) is 0 Å². The molecule has 0 fully saturated rings. The number of amides is 3. The number of hydrogen-bond donors (Lipinski definition) is 2. The molecule has 0 spiro atoms. The van der Waals surface area contributed by atoms with E-state index in [1.54, 1.807) is 0 Å². The second kappa shape index (κ2) is 6.04. The van der Waals surface area contributed by atoms with Gasteiger partial charge in [-0.15, -0.1) is 0 Å². The topological polar surface area (TPSA) is 97.6 Å². The number of rotatable bonds is 3. The molecule has 1 aromatic rings. The molecule has 0 atom stereocenters. The first-order valence-electron chi connectivity index (χ1n) is 4.47. The molecule has 1 aromatic heterocycles. The van der Waals surface area contributed by atoms with Gasteiger partial charge >= 0.3 is 12.0 Å². The first-order valence-corrected chi connectivity index (χ1v) is 5.26. The minimum atomic E-state index is -0.789. The van der Waals surface area contributed by atoms with Crippen molar-refractivity contribution in [1.82, 2.24) is 10.6 Å². The van der Waals surface area contributed by atoms with E-state index in [0.717, 1.165) is 0 Å². The lowest BCUT2D eigenvalue weighted by Gasteiger charge is -2.03. The third kappa shape index (κ3) is 4.27. The van der Waals surface area contributed by atoms with Gasteiger partial charge in [0.1, 0.15) is 0 Å². The summed E-state index contributed by atoms with van der Waals surface area (Å²) in [4.78, 5) is 33.1. The average molecular weight is 305 g/mol. The molecule has 8 heteroatoms. The Labute approximate surface area is 105 Å². The second-order valence-corrected chi connectivity index (χ2v) is 3.59. The number of urea groups is 1. The molecule has 0 aliphatic heterocycles. The van der Waals surface area contributed by atoms with Gasteiger partial charge in [-0.2, -0.15) is 0 Å². The van der Waals surface area contributed by atoms with Crippen molar-refractivity contribution in [2.75, 3.05) is 13.7 Å². The molecule has 2 N–H and O–H groups in total. The lowest BCUT2D eigenvalue weighted by Crippen LogP contribution is -2.39. The summed E-state index contributed by atoms with van der Waals surface area (Å²) in [6, 6.07) is 2.23. The lowest BCUT2D eigenvalue weighted by molar-refractivity contribution is -0.123. The molecule has 0 radical (unpaired) electrons. The van der Waals surface area contributed by atoms with Crippen LogP contribution < -0.4 is 10.6 Å². The van der Waals surface area contributed by atoms with Crippen LogP contribution in [0.4, 0.5) is 4.79 Å². The van der Waals surface area contributed by atoms with Gasteiger partial charge in [-0.3, -0.25) is 10.1 Å². The van der Waals surface area contributed by atoms with Gasteiger partial charge in [0.15, 0.2) is 11.3 Å². The summed E-state index contributed by atoms with van der Waals surface area (Å²) in [5.74, 6) is -1.56. The quantitative estimate of drug-likeness (QED) is 0.799. The lowest BCUT2D eigenvalue weighted by atomic mass is 10.4. The molecule has 1 rings (SSSR count). The highest BCUT2D eigenvalue weighted by Gasteiger charge is 2.14. The van der Waals surface area contributed by atoms with Crippen molar-refractivity contribution >= 4 is 33.8 Å². The number of esters is 1. The maximum absolute atomic E-state index is 11.3. The van der Waals surface area contributed by atoms with E-state index in [4.69, 9.17) is 4.42 Å². The summed E-state index contributed by atoms with van der Waals surface area (Å²) in [5, 5.41) is 4.12. The van der Waals surface area contributed by atoms with Crippen molar-refractivity contribution in [3.63, 3.8) is 0 Å². The predicted octanol–water partition coefficient (Wildman–Crippen LogP) is 0.655. The van der Waals surface area contributed by atoms with Crippen molar-refractivity contribution in [3.8, 4) is 0 Å². The zero-order chi connectivity index (χ0) is 12.8. The second-order valence-electron chi connectivity index (χ2n) is 2.81. The number of hydrogen-bond acceptors (Lipinski definition) is 5. The summed E-state index contributed by atoms with van der Waals surface area (Å²) in [6.45, 7) is -0.565. The number of furan rings is 1. The summed E-state index contributed by atoms with van der Waals surface area (Å²) in [6.07, 6.45) is 0. The highest BCUT2D eigenvalue weighted by Crippen LogP contribution is 2.14. The van der Waals surface area contributed by atoms with Crippen LogP contribution in [-0.2, 0) is 9.53 Å². The average Bonchev–Trinajstić information content (AvgIpc) is 2.72. The van der Waals surface area contributed by atoms with E-state index in [1.807, 2.05) is 5.32 Å². The Balaban J connectivity index is 2.38. The molecule has 0 aromatic carbocycles. The molecule has 0 saturated heterocycles. The molecule has 1 heterocycles. The summed E-state index contributed by atoms with van der Waals surface area (Å²) in [5.41, 5.74) is 0. The third-order valence-electron chi connectivity index (χ3n) is 1.59. The summed E-state index contributed by atoms with van der Waals surface area (Å²) < 4.78 is 9.89. The van der Waals surface area contributed by atoms with E-state index in [2.05, 4.69) is 26.0 Å². The molecule has 92 valence electrons. The van der Waals surface area contributed by atoms with Crippen molar-refractivity contribution in [2.45, 2.75) is 0 Å². The number of ether oxygens (including phenoxy) is 1. The van der Waals surface area contributed by atoms with E-state index in [9.17, 15) is 14.4 Å². The normalized spacial score (nSPS) is 9.53. The van der Waals surface area contributed by atoms with E-state index >= 15 is 0 Å². The van der Waals surface area contributed by atoms with Crippen LogP contribution in [-0.4, -0.2) is 31.6 Å². The molecule has 0 aliphatic rings. The Morgan fingerprint density at radius 2 is 2.12 bits per heavy atom. The van der Waals surface area contributed by atoms with E-state index in [-0.39, 0.29) is 5.76 Å². The van der Waals surface area contributed by atoms with E-state index < -0.39 is 24.5 Å². The molecular weight excluding hydrogens is 296 g/mol. The van der Waals surface area contributed by atoms with Gasteiger partial charge < -0.3 is 14.5 Å². The van der Waals surface area contributed by atoms with Crippen LogP contribution in [0, 0.1) is 0 Å². The van der Waals surface area contributed by atoms with Gasteiger partial charge in [0.05, 0.1) is 0 Å². The summed E-state index contributed by atoms with van der Waals surface area (Å²) >= 11 is 3.02. The Hall–Kier alpha value is -1.83. The fourth-order valence-electron chi connectivity index (χ4n) is 0.851. The number of halogens is 1. The van der Waals surface area contributed by atoms with Gasteiger partial charge in [-0.25, -0.2) is 9.59 Å². The molecule has 0 saturated carbocycles. The summed E-state index contributed by atoms with van der Waals surface area (Å²) in [7, 11) is 1.36. The van der Waals surface area contributed by atoms with Crippen molar-refractivity contribution < 1.29 is 23.5 Å². The molecule has 7 nitrogen and oxygen atoms in total. The number of imide groups is 1. The maximum Gasteiger partial charge on any atom is 0.374 e. The number of carbonyl (C=O) groups excluding carboxylic acids is 3. The van der Waals surface area contributed by atoms with Crippen LogP contribution in [0.15, 0.2) is 21.2 Å². The molecule has 17 heavy (non-hydrogen) atoms. The maximum atomic E-state index is 11.3. The molecular formula is C9H9BrN2O5. The van der Waals surface area contributed by atoms with Gasteiger partial charge in [-0.05, 0) is 28.1 Å². The zero-order valence-corrected chi connectivity index (χ0v) is 10.4. The van der Waals surface area contributed by atoms with Crippen LogP contribution in [0.5, 0.6) is 0 Å². The zero-order valence-electron chi connectivity index (χ0n) is 8.78. The van der Waals surface area contributed by atoms with Crippen molar-refractivity contribution in [2.24, 2.45) is 0 Å². The van der Waals surface area contributed by atoms with Gasteiger partial charge in [0.25, 0.3) is 5.91 Å². The van der Waals surface area contributed by atoms with Gasteiger partial charge in [0.2, 0.25) is 5.76 Å². The van der Waals surface area contributed by atoms with Crippen LogP contribution >= 0.6 is 15.9 Å². The predicted molar refractivity (Wildman–Crippen MR) is 59.3 cm³/mol. The van der Waals surface area contributed by atoms with Crippen LogP contribution in [0.25, 0.3) is 0 Å². The molecule has 0 unspecified atom stereocenters. The standard InChI is InChI=1S/C9H9BrN2O5/c1-11-9(15)12-7(13)4-16-8(14)5-2-3-6(10)17-5/h2-3H,4H2,1H3,(H2,11,12,13,15). The van der Waals surface area contributed by atoms with Crippen LogP contribution in [0.2, 0.25) is 0 Å². The highest BCUT2D eigenvalue weighted by molar-refractivity contribution is 9.10. The van der Waals surface area contributed by atoms with Crippen molar-refractivity contribution in [1.29, 1.82) is 0 Å². The Morgan fingerprint density at radius 1 is 1.41 bits per heavy atom. The SMILES string of the molecule is CNC(=O)NC(=O)COC(=O)c1ccc(Br)o1. The van der Waals surface area contributed by atoms with Crippen molar-refractivity contribution in [3.05, 3.63) is 22.6 Å². The first-order chi connectivity index (χ1) is 8.02. The van der Waals surface area contributed by atoms with E-state index in [0.29, 0.717) is 4.67 Å². The molecule has 3 amide bonds. The minimum Gasteiger partial charge on any atom is -0.450 e. The monoisotopic (exact) mass is 304 g/mol. The van der Waals surface area contributed by atoms with Crippen LogP contribution in [0.3, 0.4) is 0 Å². The largest absolute Gasteiger partial charge is 0.450 e. The highest BCUT2D eigenvalue weighted by atomic mass is 79.9. The molecule has 0 bridgehead atoms. The third-order valence-corrected chi connectivity index (χ3v) is 2.01. The fraction of sp³-hybridized carbons (Fsp3) is 0.222.